The van der Waals surface area contributed by atoms with Crippen LogP contribution in [0.25, 0.3) is 11.1 Å². The normalized spacial score (nSPS) is 18.4. The summed E-state index contributed by atoms with van der Waals surface area (Å²) in [5.41, 5.74) is 12.4. The molecule has 1 aliphatic carbocycles. The lowest BCUT2D eigenvalue weighted by Crippen LogP contribution is -2.56. The molecule has 8 heteroatoms. The maximum Gasteiger partial charge on any atom is 0.266 e. The predicted octanol–water partition coefficient (Wildman–Crippen LogP) is 7.17. The first-order chi connectivity index (χ1) is 24.0. The fourth-order valence-corrected chi connectivity index (χ4v) is 6.88. The molecule has 0 bridgehead atoms. The van der Waals surface area contributed by atoms with E-state index >= 15 is 0 Å². The summed E-state index contributed by atoms with van der Waals surface area (Å²) in [5.74, 6) is 0.812. The van der Waals surface area contributed by atoms with E-state index in [0.717, 1.165) is 45.1 Å². The van der Waals surface area contributed by atoms with Crippen LogP contribution in [-0.2, 0) is 28.8 Å². The number of aliphatic hydroxyl groups is 1. The summed E-state index contributed by atoms with van der Waals surface area (Å²) >= 11 is 3.55. The van der Waals surface area contributed by atoms with Gasteiger partial charge in [-0.3, -0.25) is 10.2 Å². The van der Waals surface area contributed by atoms with E-state index in [1.54, 1.807) is 0 Å². The number of carbonyl (C=O) groups is 1. The number of fused-ring (bicyclic) bond motifs is 1. The SMILES string of the molecule is O=C(NNC1Cc2ccccc2C1)[C@@]1(Cc2ccc(Br)cc2)N=C(c2ccc(OCCCO)cc2)O[C@H]1c1ccc(-c2ccccc2)cc1. The van der Waals surface area contributed by atoms with Crippen LogP contribution in [0.1, 0.15) is 40.3 Å². The molecule has 0 unspecified atom stereocenters. The van der Waals surface area contributed by atoms with E-state index in [0.29, 0.717) is 31.1 Å². The van der Waals surface area contributed by atoms with Crippen LogP contribution in [0.15, 0.2) is 137 Å². The third-order valence-corrected chi connectivity index (χ3v) is 9.71. The quantitative estimate of drug-likeness (QED) is 0.0942. The zero-order valence-corrected chi connectivity index (χ0v) is 28.6. The van der Waals surface area contributed by atoms with Crippen molar-refractivity contribution in [2.75, 3.05) is 13.2 Å². The average Bonchev–Trinajstić information content (AvgIpc) is 3.75. The number of ether oxygens (including phenoxy) is 2. The minimum absolute atomic E-state index is 0.0684. The van der Waals surface area contributed by atoms with Gasteiger partial charge in [0.05, 0.1) is 6.61 Å². The van der Waals surface area contributed by atoms with E-state index in [1.165, 1.54) is 11.1 Å². The highest BCUT2D eigenvalue weighted by Crippen LogP contribution is 2.43. The Bertz CT molecular complexity index is 1890. The molecular formula is C41H38BrN3O4. The third-order valence-electron chi connectivity index (χ3n) is 9.18. The van der Waals surface area contributed by atoms with Crippen molar-refractivity contribution >= 4 is 27.7 Å². The van der Waals surface area contributed by atoms with Crippen molar-refractivity contribution < 1.29 is 19.4 Å². The molecule has 5 aromatic rings. The molecule has 7 nitrogen and oxygen atoms in total. The summed E-state index contributed by atoms with van der Waals surface area (Å²) < 4.78 is 13.5. The van der Waals surface area contributed by atoms with Crippen molar-refractivity contribution in [1.82, 2.24) is 10.9 Å². The molecule has 0 fully saturated rings. The van der Waals surface area contributed by atoms with Gasteiger partial charge in [-0.2, -0.15) is 0 Å². The van der Waals surface area contributed by atoms with Crippen molar-refractivity contribution in [3.05, 3.63) is 160 Å². The van der Waals surface area contributed by atoms with E-state index in [2.05, 4.69) is 75.3 Å². The number of nitrogens with zero attached hydrogens (tertiary/aromatic N) is 1. The smallest absolute Gasteiger partial charge is 0.266 e. The van der Waals surface area contributed by atoms with Crippen molar-refractivity contribution in [2.24, 2.45) is 4.99 Å². The van der Waals surface area contributed by atoms with Crippen LogP contribution in [-0.4, -0.2) is 41.7 Å². The Morgan fingerprint density at radius 3 is 2.12 bits per heavy atom. The van der Waals surface area contributed by atoms with Gasteiger partial charge < -0.3 is 14.6 Å². The van der Waals surface area contributed by atoms with Crippen LogP contribution in [0, 0.1) is 0 Å². The Hall–Kier alpha value is -4.76. The van der Waals surface area contributed by atoms with Gasteiger partial charge in [0.2, 0.25) is 5.90 Å². The molecule has 3 N–H and O–H groups in total. The summed E-state index contributed by atoms with van der Waals surface area (Å²) in [5, 5.41) is 9.13. The molecule has 0 saturated carbocycles. The van der Waals surface area contributed by atoms with Crippen LogP contribution in [0.5, 0.6) is 5.75 Å². The molecule has 7 rings (SSSR count). The first kappa shape index (κ1) is 32.8. The van der Waals surface area contributed by atoms with Gasteiger partial charge in [-0.25, -0.2) is 10.4 Å². The Morgan fingerprint density at radius 2 is 1.45 bits per heavy atom. The largest absolute Gasteiger partial charge is 0.494 e. The second-order valence-electron chi connectivity index (χ2n) is 12.6. The lowest BCUT2D eigenvalue weighted by molar-refractivity contribution is -0.130. The number of hydrogen-bond acceptors (Lipinski definition) is 6. The van der Waals surface area contributed by atoms with Gasteiger partial charge in [-0.05, 0) is 82.6 Å². The summed E-state index contributed by atoms with van der Waals surface area (Å²) in [6.07, 6.45) is 1.82. The second kappa shape index (κ2) is 14.8. The number of amides is 1. The van der Waals surface area contributed by atoms with Crippen LogP contribution >= 0.6 is 15.9 Å². The van der Waals surface area contributed by atoms with E-state index in [9.17, 15) is 4.79 Å². The molecule has 0 aromatic heterocycles. The van der Waals surface area contributed by atoms with E-state index in [1.807, 2.05) is 78.9 Å². The lowest BCUT2D eigenvalue weighted by Gasteiger charge is -2.31. The minimum atomic E-state index is -1.33. The fourth-order valence-electron chi connectivity index (χ4n) is 6.61. The minimum Gasteiger partial charge on any atom is -0.494 e. The van der Waals surface area contributed by atoms with Crippen molar-refractivity contribution in [2.45, 2.75) is 43.4 Å². The van der Waals surface area contributed by atoms with E-state index < -0.39 is 11.6 Å². The van der Waals surface area contributed by atoms with Crippen LogP contribution < -0.4 is 15.6 Å². The van der Waals surface area contributed by atoms with Crippen molar-refractivity contribution in [3.63, 3.8) is 0 Å². The Morgan fingerprint density at radius 1 is 0.816 bits per heavy atom. The van der Waals surface area contributed by atoms with E-state index in [4.69, 9.17) is 19.6 Å². The van der Waals surface area contributed by atoms with Crippen LogP contribution in [0.3, 0.4) is 0 Å². The molecule has 2 atom stereocenters. The molecule has 1 heterocycles. The maximum atomic E-state index is 14.7. The van der Waals surface area contributed by atoms with Gasteiger partial charge in [0.15, 0.2) is 11.6 Å². The summed E-state index contributed by atoms with van der Waals surface area (Å²) in [6.45, 7) is 0.491. The van der Waals surface area contributed by atoms with Gasteiger partial charge in [0, 0.05) is 35.5 Å². The average molecular weight is 717 g/mol. The zero-order chi connectivity index (χ0) is 33.6. The molecule has 1 amide bonds. The third kappa shape index (κ3) is 7.32. The molecule has 1 aliphatic heterocycles. The van der Waals surface area contributed by atoms with Crippen molar-refractivity contribution in [1.29, 1.82) is 0 Å². The standard InChI is InChI=1S/C41H38BrN3O4/c42-35-19-11-28(12-20-35)27-41(40(47)45-44-36-25-33-9-4-5-10-34(33)26-36)38(31-15-13-30(14-16-31)29-7-2-1-3-8-29)49-39(43-41)32-17-21-37(22-18-32)48-24-6-23-46/h1-5,7-22,36,38,44,46H,6,23-27H2,(H,45,47)/t38-,41-/m0/s1. The second-order valence-corrected chi connectivity index (χ2v) is 13.5. The lowest BCUT2D eigenvalue weighted by atomic mass is 9.82. The summed E-state index contributed by atoms with van der Waals surface area (Å²) in [4.78, 5) is 19.9. The Labute approximate surface area is 295 Å². The molecule has 0 radical (unpaired) electrons. The predicted molar refractivity (Wildman–Crippen MR) is 195 cm³/mol. The first-order valence-electron chi connectivity index (χ1n) is 16.6. The Balaban J connectivity index is 1.24. The molecular weight excluding hydrogens is 678 g/mol. The summed E-state index contributed by atoms with van der Waals surface area (Å²) in [7, 11) is 0. The van der Waals surface area contributed by atoms with Crippen LogP contribution in [0.4, 0.5) is 0 Å². The molecule has 5 aromatic carbocycles. The van der Waals surface area contributed by atoms with Crippen molar-refractivity contribution in [3.8, 4) is 16.9 Å². The number of rotatable bonds is 12. The zero-order valence-electron chi connectivity index (χ0n) is 27.0. The number of hydrogen-bond donors (Lipinski definition) is 3. The van der Waals surface area contributed by atoms with E-state index in [-0.39, 0.29) is 18.6 Å². The maximum absolute atomic E-state index is 14.7. The summed E-state index contributed by atoms with van der Waals surface area (Å²) in [6, 6.07) is 42.4. The van der Waals surface area contributed by atoms with Gasteiger partial charge in [-0.1, -0.05) is 107 Å². The molecule has 2 aliphatic rings. The monoisotopic (exact) mass is 715 g/mol. The number of nitrogens with one attached hydrogen (secondary N) is 2. The highest BCUT2D eigenvalue weighted by Gasteiger charge is 2.53. The molecule has 49 heavy (non-hydrogen) atoms. The molecule has 0 saturated heterocycles. The highest BCUT2D eigenvalue weighted by molar-refractivity contribution is 9.10. The number of halogens is 1. The Kier molecular flexibility index (Phi) is 9.89. The van der Waals surface area contributed by atoms with Gasteiger partial charge in [0.1, 0.15) is 5.75 Å². The van der Waals surface area contributed by atoms with Gasteiger partial charge >= 0.3 is 0 Å². The topological polar surface area (TPSA) is 92.2 Å². The highest BCUT2D eigenvalue weighted by atomic mass is 79.9. The van der Waals surface area contributed by atoms with Gasteiger partial charge in [0.25, 0.3) is 5.91 Å². The number of benzene rings is 5. The first-order valence-corrected chi connectivity index (χ1v) is 17.4. The molecule has 0 spiro atoms. The number of aliphatic hydroxyl groups excluding tert-OH is 1. The number of aliphatic imine (C=N–C) groups is 1. The fraction of sp³-hybridized carbons (Fsp3) is 0.220. The number of hydrazine groups is 1. The van der Waals surface area contributed by atoms with Gasteiger partial charge in [-0.15, -0.1) is 0 Å². The number of carbonyl (C=O) groups excluding carboxylic acids is 1. The molecule has 248 valence electrons. The van der Waals surface area contributed by atoms with Crippen LogP contribution in [0.2, 0.25) is 0 Å².